The van der Waals surface area contributed by atoms with Gasteiger partial charge in [0.25, 0.3) is 0 Å². The van der Waals surface area contributed by atoms with Gasteiger partial charge in [-0.05, 0) is 130 Å². The first-order valence-corrected chi connectivity index (χ1v) is 26.2. The average Bonchev–Trinajstić information content (AvgIpc) is 3.59. The van der Waals surface area contributed by atoms with Gasteiger partial charge in [0.05, 0.1) is 45.2 Å². The molecule has 3 saturated carbocycles. The number of nitrogens with zero attached hydrogens (tertiary/aromatic N) is 1. The third kappa shape index (κ3) is 15.5. The number of fused-ring (bicyclic) bond motifs is 5. The predicted molar refractivity (Wildman–Crippen MR) is 250 cm³/mol. The van der Waals surface area contributed by atoms with Crippen LogP contribution < -0.4 is 0 Å². The maximum Gasteiger partial charge on any atom is 0.0936 e. The molecule has 1 saturated heterocycles. The first kappa shape index (κ1) is 49.3. The van der Waals surface area contributed by atoms with Crippen molar-refractivity contribution in [1.82, 2.24) is 4.90 Å². The number of rotatable bonds is 30. The van der Waals surface area contributed by atoms with Crippen LogP contribution in [0.3, 0.4) is 0 Å². The lowest BCUT2D eigenvalue weighted by Gasteiger charge is -2.58. The minimum Gasteiger partial charge on any atom is -0.379 e. The zero-order valence-corrected chi connectivity index (χ0v) is 40.0. The molecule has 1 unspecified atom stereocenters. The van der Waals surface area contributed by atoms with Gasteiger partial charge >= 0.3 is 0 Å². The smallest absolute Gasteiger partial charge is 0.0936 e. The highest BCUT2D eigenvalue weighted by Crippen LogP contribution is 2.67. The standard InChI is InChI=1S/C54H97NO4/c1-7-8-9-10-11-12-13-14-15-16-17-18-19-20-21-22-36-57-43-48(42-55-34-37-56-38-35-55)59-40-39-58-47-30-32-53(5)46(41-47)26-27-49-51-29-28-50(45(4)25-23-24-44(2)3)54(51,6)33-31-52(49)53/h14-15,26,44-45,47-52H,7-13,16-25,27-43H2,1-6H3/b15-14-/t45-,47+,48?,49+,50-,51+,52+,53+,54-/m1/s1. The van der Waals surface area contributed by atoms with Crippen molar-refractivity contribution in [2.45, 2.75) is 214 Å². The first-order chi connectivity index (χ1) is 28.7. The Morgan fingerprint density at radius 3 is 2.20 bits per heavy atom. The quantitative estimate of drug-likeness (QED) is 0.0533. The Morgan fingerprint density at radius 2 is 1.47 bits per heavy atom. The molecule has 5 rings (SSSR count). The first-order valence-electron chi connectivity index (χ1n) is 26.2. The second kappa shape index (κ2) is 26.8. The number of hydrogen-bond acceptors (Lipinski definition) is 5. The van der Waals surface area contributed by atoms with Crippen LogP contribution in [0.25, 0.3) is 0 Å². The van der Waals surface area contributed by atoms with Crippen molar-refractivity contribution in [2.75, 3.05) is 59.3 Å². The van der Waals surface area contributed by atoms with Crippen LogP contribution in [0.2, 0.25) is 0 Å². The van der Waals surface area contributed by atoms with E-state index in [2.05, 4.69) is 64.7 Å². The summed E-state index contributed by atoms with van der Waals surface area (Å²) in [4.78, 5) is 2.49. The van der Waals surface area contributed by atoms with Crippen molar-refractivity contribution in [1.29, 1.82) is 0 Å². The van der Waals surface area contributed by atoms with Crippen LogP contribution in [0.1, 0.15) is 202 Å². The number of morpholine rings is 1. The molecule has 1 heterocycles. The van der Waals surface area contributed by atoms with E-state index in [9.17, 15) is 0 Å². The summed E-state index contributed by atoms with van der Waals surface area (Å²) >= 11 is 0. The normalized spacial score (nSPS) is 31.0. The Morgan fingerprint density at radius 1 is 0.763 bits per heavy atom. The number of allylic oxidation sites excluding steroid dienone is 3. The van der Waals surface area contributed by atoms with Crippen molar-refractivity contribution in [2.24, 2.45) is 46.3 Å². The monoisotopic (exact) mass is 824 g/mol. The zero-order valence-electron chi connectivity index (χ0n) is 40.0. The summed E-state index contributed by atoms with van der Waals surface area (Å²) < 4.78 is 25.0. The van der Waals surface area contributed by atoms with E-state index in [0.29, 0.717) is 36.8 Å². The Hall–Kier alpha value is -0.720. The van der Waals surface area contributed by atoms with Gasteiger partial charge in [-0.25, -0.2) is 0 Å². The summed E-state index contributed by atoms with van der Waals surface area (Å²) in [6, 6.07) is 0. The summed E-state index contributed by atoms with van der Waals surface area (Å²) in [7, 11) is 0. The van der Waals surface area contributed by atoms with Gasteiger partial charge in [0, 0.05) is 26.2 Å². The van der Waals surface area contributed by atoms with E-state index in [0.717, 1.165) is 87.8 Å². The fourth-order valence-corrected chi connectivity index (χ4v) is 13.1. The Balaban J connectivity index is 0.955. The Kier molecular flexibility index (Phi) is 22.4. The van der Waals surface area contributed by atoms with Crippen molar-refractivity contribution in [3.05, 3.63) is 23.8 Å². The molecule has 5 aliphatic rings. The van der Waals surface area contributed by atoms with Crippen LogP contribution in [0, 0.1) is 46.3 Å². The van der Waals surface area contributed by atoms with E-state index in [1.165, 1.54) is 148 Å². The minimum atomic E-state index is 0.0913. The second-order valence-electron chi connectivity index (χ2n) is 21.4. The van der Waals surface area contributed by atoms with Crippen molar-refractivity contribution < 1.29 is 18.9 Å². The number of unbranched alkanes of at least 4 members (excludes halogenated alkanes) is 12. The fourth-order valence-electron chi connectivity index (χ4n) is 13.1. The molecule has 1 aliphatic heterocycles. The summed E-state index contributed by atoms with van der Waals surface area (Å²) in [6.07, 6.45) is 41.8. The van der Waals surface area contributed by atoms with Crippen molar-refractivity contribution in [3.8, 4) is 0 Å². The maximum atomic E-state index is 6.62. The van der Waals surface area contributed by atoms with Gasteiger partial charge in [0.2, 0.25) is 0 Å². The fraction of sp³-hybridized carbons (Fsp3) is 0.926. The molecule has 59 heavy (non-hydrogen) atoms. The van der Waals surface area contributed by atoms with Crippen LogP contribution in [0.15, 0.2) is 23.8 Å². The third-order valence-corrected chi connectivity index (χ3v) is 16.7. The molecule has 0 spiro atoms. The van der Waals surface area contributed by atoms with E-state index in [4.69, 9.17) is 18.9 Å². The largest absolute Gasteiger partial charge is 0.379 e. The molecule has 0 radical (unpaired) electrons. The molecule has 0 amide bonds. The highest BCUT2D eigenvalue weighted by atomic mass is 16.6. The van der Waals surface area contributed by atoms with Gasteiger partial charge in [-0.1, -0.05) is 142 Å². The topological polar surface area (TPSA) is 40.2 Å². The third-order valence-electron chi connectivity index (χ3n) is 16.7. The molecule has 0 aromatic rings. The molecule has 342 valence electrons. The van der Waals surface area contributed by atoms with E-state index in [-0.39, 0.29) is 6.10 Å². The van der Waals surface area contributed by atoms with Crippen LogP contribution >= 0.6 is 0 Å². The second-order valence-corrected chi connectivity index (χ2v) is 21.4. The van der Waals surface area contributed by atoms with Crippen molar-refractivity contribution >= 4 is 0 Å². The van der Waals surface area contributed by atoms with E-state index in [1.54, 1.807) is 5.57 Å². The Bertz CT molecular complexity index is 1180. The molecule has 5 nitrogen and oxygen atoms in total. The zero-order chi connectivity index (χ0) is 41.8. The minimum absolute atomic E-state index is 0.0913. The number of ether oxygens (including phenoxy) is 4. The molecule has 0 aromatic heterocycles. The van der Waals surface area contributed by atoms with Gasteiger partial charge in [0.15, 0.2) is 0 Å². The van der Waals surface area contributed by atoms with Crippen LogP contribution in [0.5, 0.6) is 0 Å². The Labute approximate surface area is 366 Å². The molecule has 4 aliphatic carbocycles. The lowest BCUT2D eigenvalue weighted by Crippen LogP contribution is -2.51. The summed E-state index contributed by atoms with van der Waals surface area (Å²) in [5.41, 5.74) is 2.68. The molecule has 9 atom stereocenters. The molecule has 5 heteroatoms. The molecule has 0 N–H and O–H groups in total. The molecule has 0 bridgehead atoms. The van der Waals surface area contributed by atoms with Crippen molar-refractivity contribution in [3.63, 3.8) is 0 Å². The average molecular weight is 824 g/mol. The lowest BCUT2D eigenvalue weighted by molar-refractivity contribution is -0.0834. The summed E-state index contributed by atoms with van der Waals surface area (Å²) in [5, 5.41) is 0. The maximum absolute atomic E-state index is 6.62. The SMILES string of the molecule is CCCCCCCC/C=C\CCCCCCCCOCC(CN1CCOCC1)OCCO[C@H]1CC[C@@]2(C)C(=CC[C@H]3[C@@H]4CC[C@H]([C@H](C)CCCC(C)C)[C@@]4(C)CC[C@@H]32)C1. The van der Waals surface area contributed by atoms with Gasteiger partial charge < -0.3 is 18.9 Å². The molecule has 0 aromatic carbocycles. The molecule has 4 fully saturated rings. The van der Waals surface area contributed by atoms with Crippen LogP contribution in [0.4, 0.5) is 0 Å². The molecular formula is C54H97NO4. The lowest BCUT2D eigenvalue weighted by atomic mass is 9.47. The predicted octanol–water partition coefficient (Wildman–Crippen LogP) is 14.2. The summed E-state index contributed by atoms with van der Waals surface area (Å²) in [5.74, 6) is 5.36. The van der Waals surface area contributed by atoms with E-state index < -0.39 is 0 Å². The van der Waals surface area contributed by atoms with Gasteiger partial charge in [-0.3, -0.25) is 4.90 Å². The highest BCUT2D eigenvalue weighted by Gasteiger charge is 2.59. The highest BCUT2D eigenvalue weighted by molar-refractivity contribution is 5.25. The van der Waals surface area contributed by atoms with Crippen LogP contribution in [-0.2, 0) is 18.9 Å². The van der Waals surface area contributed by atoms with Gasteiger partial charge in [0.1, 0.15) is 0 Å². The molecular weight excluding hydrogens is 727 g/mol. The number of hydrogen-bond donors (Lipinski definition) is 0. The summed E-state index contributed by atoms with van der Waals surface area (Å²) in [6.45, 7) is 22.5. The van der Waals surface area contributed by atoms with Gasteiger partial charge in [-0.2, -0.15) is 0 Å². The van der Waals surface area contributed by atoms with E-state index >= 15 is 0 Å². The van der Waals surface area contributed by atoms with E-state index in [1.807, 2.05) is 0 Å². The van der Waals surface area contributed by atoms with Crippen LogP contribution in [-0.4, -0.2) is 76.4 Å². The van der Waals surface area contributed by atoms with Gasteiger partial charge in [-0.15, -0.1) is 0 Å².